The lowest BCUT2D eigenvalue weighted by molar-refractivity contribution is -0.132. The first-order chi connectivity index (χ1) is 19.0. The zero-order valence-electron chi connectivity index (χ0n) is 23.0. The third-order valence-corrected chi connectivity index (χ3v) is 9.37. The topological polar surface area (TPSA) is 55.8 Å². The summed E-state index contributed by atoms with van der Waals surface area (Å²) in [6.45, 7) is 2.42. The fourth-order valence-electron chi connectivity index (χ4n) is 7.96. The highest BCUT2D eigenvalue weighted by Gasteiger charge is 2.52. The Hall–Kier alpha value is -3.53. The van der Waals surface area contributed by atoms with Crippen LogP contribution in [0.3, 0.4) is 0 Å². The molecule has 0 aliphatic heterocycles. The lowest BCUT2D eigenvalue weighted by atomic mass is 9.48. The third-order valence-electron chi connectivity index (χ3n) is 9.37. The molecule has 0 radical (unpaired) electrons. The van der Waals surface area contributed by atoms with Gasteiger partial charge in [0.25, 0.3) is 0 Å². The van der Waals surface area contributed by atoms with E-state index in [2.05, 4.69) is 54.6 Å². The monoisotopic (exact) mass is 522 g/mol. The minimum Gasteiger partial charge on any atom is -0.496 e. The molecule has 4 fully saturated rings. The van der Waals surface area contributed by atoms with Gasteiger partial charge in [0.15, 0.2) is 0 Å². The number of hydrogen-bond acceptors (Lipinski definition) is 3. The van der Waals surface area contributed by atoms with E-state index in [1.54, 1.807) is 13.2 Å². The van der Waals surface area contributed by atoms with Crippen LogP contribution in [0.25, 0.3) is 17.2 Å². The van der Waals surface area contributed by atoms with E-state index < -0.39 is 5.97 Å². The molecule has 7 rings (SSSR count). The number of methoxy groups -OCH3 is 1. The van der Waals surface area contributed by atoms with Crippen molar-refractivity contribution in [2.24, 2.45) is 17.8 Å². The molecule has 4 bridgehead atoms. The van der Waals surface area contributed by atoms with Crippen molar-refractivity contribution in [1.29, 1.82) is 0 Å². The summed E-state index contributed by atoms with van der Waals surface area (Å²) in [5, 5.41) is 9.61. The van der Waals surface area contributed by atoms with E-state index in [1.165, 1.54) is 49.7 Å². The summed E-state index contributed by atoms with van der Waals surface area (Å²) < 4.78 is 12.1. The molecule has 4 aliphatic rings. The van der Waals surface area contributed by atoms with E-state index in [4.69, 9.17) is 9.47 Å². The maximum Gasteiger partial charge on any atom is 0.331 e. The van der Waals surface area contributed by atoms with Crippen LogP contribution in [0.15, 0.2) is 72.3 Å². The number of aliphatic carboxylic acids is 1. The van der Waals surface area contributed by atoms with E-state index >= 15 is 0 Å². The van der Waals surface area contributed by atoms with Crippen molar-refractivity contribution < 1.29 is 19.4 Å². The summed E-state index contributed by atoms with van der Waals surface area (Å²) >= 11 is 0. The van der Waals surface area contributed by atoms with Gasteiger partial charge in [-0.15, -0.1) is 0 Å². The molecule has 1 N–H and O–H groups in total. The molecule has 0 atom stereocenters. The fourth-order valence-corrected chi connectivity index (χ4v) is 7.96. The SMILES string of the molecule is CCC(=Cc1cc(-c2ccc(OCc3ccccc3)c(C34CC5CC(CC(C5)C3)C4)c2)ccc1OC)C(=O)O. The molecule has 0 aromatic heterocycles. The maximum absolute atomic E-state index is 11.7. The maximum atomic E-state index is 11.7. The molecular weight excluding hydrogens is 484 g/mol. The van der Waals surface area contributed by atoms with Crippen molar-refractivity contribution in [3.8, 4) is 22.6 Å². The highest BCUT2D eigenvalue weighted by Crippen LogP contribution is 2.62. The zero-order chi connectivity index (χ0) is 27.0. The molecule has 202 valence electrons. The van der Waals surface area contributed by atoms with Gasteiger partial charge in [-0.3, -0.25) is 0 Å². The molecule has 4 saturated carbocycles. The Morgan fingerprint density at radius 1 is 0.897 bits per heavy atom. The van der Waals surface area contributed by atoms with Gasteiger partial charge in [-0.2, -0.15) is 0 Å². The molecule has 4 heteroatoms. The summed E-state index contributed by atoms with van der Waals surface area (Å²) in [7, 11) is 1.63. The number of carboxylic acids is 1. The minimum absolute atomic E-state index is 0.185. The molecule has 4 aliphatic carbocycles. The van der Waals surface area contributed by atoms with Crippen LogP contribution >= 0.6 is 0 Å². The van der Waals surface area contributed by atoms with Crippen molar-refractivity contribution in [2.45, 2.75) is 63.9 Å². The molecule has 0 unspecified atom stereocenters. The van der Waals surface area contributed by atoms with Crippen molar-refractivity contribution in [2.75, 3.05) is 7.11 Å². The normalized spacial score (nSPS) is 25.5. The average Bonchev–Trinajstić information content (AvgIpc) is 2.94. The van der Waals surface area contributed by atoms with Crippen LogP contribution in [0.4, 0.5) is 0 Å². The first-order valence-electron chi connectivity index (χ1n) is 14.4. The van der Waals surface area contributed by atoms with E-state index in [9.17, 15) is 9.90 Å². The van der Waals surface area contributed by atoms with Gasteiger partial charge in [-0.05, 0) is 115 Å². The van der Waals surface area contributed by atoms with Gasteiger partial charge in [-0.25, -0.2) is 4.79 Å². The van der Waals surface area contributed by atoms with Gasteiger partial charge in [0.05, 0.1) is 7.11 Å². The Kier molecular flexibility index (Phi) is 6.97. The molecule has 3 aromatic carbocycles. The van der Waals surface area contributed by atoms with E-state index in [-0.39, 0.29) is 5.41 Å². The number of carboxylic acid groups (broad SMARTS) is 1. The van der Waals surface area contributed by atoms with Gasteiger partial charge < -0.3 is 14.6 Å². The number of hydrogen-bond donors (Lipinski definition) is 1. The fraction of sp³-hybridized carbons (Fsp3) is 0.400. The van der Waals surface area contributed by atoms with Crippen LogP contribution in [0.5, 0.6) is 11.5 Å². The van der Waals surface area contributed by atoms with Gasteiger partial charge in [-0.1, -0.05) is 49.4 Å². The smallest absolute Gasteiger partial charge is 0.331 e. The predicted octanol–water partition coefficient (Wildman–Crippen LogP) is 8.29. The standard InChI is InChI=1S/C35H38O4/c1-3-27(34(36)37)16-30-17-28(9-11-32(30)38-2)29-10-12-33(39-22-23-7-5-4-6-8-23)31(18-29)35-19-24-13-25(20-35)15-26(14-24)21-35/h4-12,16-18,24-26H,3,13-15,19-22H2,1-2H3,(H,36,37). The molecule has 3 aromatic rings. The van der Waals surface area contributed by atoms with Crippen LogP contribution in [0, 0.1) is 17.8 Å². The Morgan fingerprint density at radius 3 is 2.10 bits per heavy atom. The minimum atomic E-state index is -0.894. The van der Waals surface area contributed by atoms with E-state index in [1.807, 2.05) is 19.1 Å². The first kappa shape index (κ1) is 25.7. The van der Waals surface area contributed by atoms with Crippen molar-refractivity contribution in [3.63, 3.8) is 0 Å². The Bertz CT molecular complexity index is 1350. The summed E-state index contributed by atoms with van der Waals surface area (Å²) in [4.78, 5) is 11.7. The van der Waals surface area contributed by atoms with Crippen molar-refractivity contribution >= 4 is 12.0 Å². The van der Waals surface area contributed by atoms with Crippen LogP contribution in [-0.2, 0) is 16.8 Å². The zero-order valence-corrected chi connectivity index (χ0v) is 23.0. The Balaban J connectivity index is 1.41. The van der Waals surface area contributed by atoms with Crippen LogP contribution in [0.2, 0.25) is 0 Å². The lowest BCUT2D eigenvalue weighted by Crippen LogP contribution is -2.48. The largest absolute Gasteiger partial charge is 0.496 e. The second kappa shape index (κ2) is 10.6. The van der Waals surface area contributed by atoms with Gasteiger partial charge in [0.2, 0.25) is 0 Å². The molecule has 39 heavy (non-hydrogen) atoms. The third kappa shape index (κ3) is 5.09. The quantitative estimate of drug-likeness (QED) is 0.287. The van der Waals surface area contributed by atoms with Gasteiger partial charge in [0, 0.05) is 16.7 Å². The van der Waals surface area contributed by atoms with E-state index in [0.29, 0.717) is 24.4 Å². The van der Waals surface area contributed by atoms with Crippen LogP contribution < -0.4 is 9.47 Å². The van der Waals surface area contributed by atoms with Crippen molar-refractivity contribution in [3.05, 3.63) is 89.0 Å². The second-order valence-electron chi connectivity index (χ2n) is 12.0. The van der Waals surface area contributed by atoms with E-state index in [0.717, 1.165) is 40.2 Å². The lowest BCUT2D eigenvalue weighted by Gasteiger charge is -2.57. The summed E-state index contributed by atoms with van der Waals surface area (Å²) in [6, 6.07) is 23.2. The summed E-state index contributed by atoms with van der Waals surface area (Å²) in [5.74, 6) is 3.30. The molecule has 0 saturated heterocycles. The van der Waals surface area contributed by atoms with Gasteiger partial charge in [0.1, 0.15) is 18.1 Å². The molecule has 4 nitrogen and oxygen atoms in total. The number of benzene rings is 3. The Morgan fingerprint density at radius 2 is 1.51 bits per heavy atom. The number of ether oxygens (including phenoxy) is 2. The molecular formula is C35H38O4. The second-order valence-corrected chi connectivity index (χ2v) is 12.0. The van der Waals surface area contributed by atoms with Crippen LogP contribution in [0.1, 0.15) is 68.6 Å². The summed E-state index contributed by atoms with van der Waals surface area (Å²) in [5.41, 5.74) is 6.07. The predicted molar refractivity (Wildman–Crippen MR) is 155 cm³/mol. The Labute approximate surface area is 231 Å². The highest BCUT2D eigenvalue weighted by atomic mass is 16.5. The number of rotatable bonds is 9. The summed E-state index contributed by atoms with van der Waals surface area (Å²) in [6.07, 6.45) is 10.2. The number of carbonyl (C=O) groups is 1. The molecule has 0 heterocycles. The van der Waals surface area contributed by atoms with Gasteiger partial charge >= 0.3 is 5.97 Å². The molecule has 0 spiro atoms. The first-order valence-corrected chi connectivity index (χ1v) is 14.4. The van der Waals surface area contributed by atoms with Crippen molar-refractivity contribution in [1.82, 2.24) is 0 Å². The highest BCUT2D eigenvalue weighted by molar-refractivity contribution is 5.93. The van der Waals surface area contributed by atoms with Crippen LogP contribution in [-0.4, -0.2) is 18.2 Å². The average molecular weight is 523 g/mol. The molecule has 0 amide bonds.